The van der Waals surface area contributed by atoms with Gasteiger partial charge in [-0.1, -0.05) is 6.08 Å². The lowest BCUT2D eigenvalue weighted by molar-refractivity contribution is 0.0197. The topological polar surface area (TPSA) is 55.6 Å². The molecule has 0 saturated carbocycles. The summed E-state index contributed by atoms with van der Waals surface area (Å²) in [6, 6.07) is 3.96. The number of rotatable bonds is 2. The zero-order chi connectivity index (χ0) is 17.2. The number of piperidine rings is 1. The van der Waals surface area contributed by atoms with Crippen molar-refractivity contribution >= 4 is 23.1 Å². The number of pyridine rings is 1. The maximum Gasteiger partial charge on any atom is 0.410 e. The molecule has 1 saturated heterocycles. The summed E-state index contributed by atoms with van der Waals surface area (Å²) in [5.74, 6) is 1.29. The third kappa shape index (κ3) is 4.16. The Hall–Kier alpha value is -2.30. The number of ether oxygens (including phenoxy) is 1. The first-order valence-electron chi connectivity index (χ1n) is 8.40. The van der Waals surface area contributed by atoms with Gasteiger partial charge in [-0.3, -0.25) is 4.98 Å². The Morgan fingerprint density at radius 1 is 1.38 bits per heavy atom. The lowest BCUT2D eigenvalue weighted by Gasteiger charge is -2.32. The largest absolute Gasteiger partial charge is 0.455 e. The van der Waals surface area contributed by atoms with Crippen LogP contribution in [0.15, 0.2) is 35.0 Å². The Balaban J connectivity index is 1.54. The van der Waals surface area contributed by atoms with E-state index in [-0.39, 0.29) is 6.09 Å². The zero-order valence-electron chi connectivity index (χ0n) is 14.5. The van der Waals surface area contributed by atoms with E-state index in [0.29, 0.717) is 5.92 Å². The number of fused-ring (bicyclic) bond motifs is 1. The minimum absolute atomic E-state index is 0.213. The fourth-order valence-corrected chi connectivity index (χ4v) is 2.82. The van der Waals surface area contributed by atoms with Crippen molar-refractivity contribution in [3.05, 3.63) is 36.4 Å². The standard InChI is InChI=1S/C19H24N2O3/c1-19(2,3)24-18(22)21-10-7-14(8-11-21)4-5-16-12-15-6-9-20-13-17(15)23-16/h4-6,9,12-14H,7-8,10-11H2,1-3H3/b5-4+. The lowest BCUT2D eigenvalue weighted by atomic mass is 9.96. The number of aromatic nitrogens is 1. The van der Waals surface area contributed by atoms with E-state index >= 15 is 0 Å². The molecule has 2 aromatic rings. The lowest BCUT2D eigenvalue weighted by Crippen LogP contribution is -2.41. The molecule has 0 aromatic carbocycles. The molecule has 5 nitrogen and oxygen atoms in total. The molecule has 3 heterocycles. The number of nitrogens with zero attached hydrogens (tertiary/aromatic N) is 2. The number of carbonyl (C=O) groups is 1. The molecule has 0 unspecified atom stereocenters. The Morgan fingerprint density at radius 2 is 2.12 bits per heavy atom. The Bertz CT molecular complexity index is 701. The third-order valence-electron chi connectivity index (χ3n) is 4.07. The fraction of sp³-hybridized carbons (Fsp3) is 0.474. The average Bonchev–Trinajstić information content (AvgIpc) is 2.94. The molecule has 1 aliphatic rings. The summed E-state index contributed by atoms with van der Waals surface area (Å²) in [6.07, 6.45) is 9.36. The average molecular weight is 328 g/mol. The van der Waals surface area contributed by atoms with Crippen LogP contribution in [0.4, 0.5) is 4.79 Å². The van der Waals surface area contributed by atoms with Gasteiger partial charge in [0.2, 0.25) is 0 Å². The summed E-state index contributed by atoms with van der Waals surface area (Å²) >= 11 is 0. The number of furan rings is 1. The number of hydrogen-bond acceptors (Lipinski definition) is 4. The number of hydrogen-bond donors (Lipinski definition) is 0. The van der Waals surface area contributed by atoms with Crippen LogP contribution in [0.25, 0.3) is 17.0 Å². The van der Waals surface area contributed by atoms with Gasteiger partial charge < -0.3 is 14.1 Å². The smallest absolute Gasteiger partial charge is 0.410 e. The fourth-order valence-electron chi connectivity index (χ4n) is 2.82. The van der Waals surface area contributed by atoms with Gasteiger partial charge in [0, 0.05) is 24.7 Å². The highest BCUT2D eigenvalue weighted by Gasteiger charge is 2.25. The normalized spacial score (nSPS) is 16.9. The second-order valence-electron chi connectivity index (χ2n) is 7.23. The van der Waals surface area contributed by atoms with Crippen molar-refractivity contribution in [3.8, 4) is 0 Å². The Morgan fingerprint density at radius 3 is 2.79 bits per heavy atom. The Labute approximate surface area is 142 Å². The van der Waals surface area contributed by atoms with Crippen molar-refractivity contribution in [2.24, 2.45) is 5.92 Å². The van der Waals surface area contributed by atoms with E-state index in [1.54, 1.807) is 17.3 Å². The molecule has 0 atom stereocenters. The van der Waals surface area contributed by atoms with Gasteiger partial charge in [-0.15, -0.1) is 0 Å². The quantitative estimate of drug-likeness (QED) is 0.815. The van der Waals surface area contributed by atoms with E-state index in [1.807, 2.05) is 39.0 Å². The van der Waals surface area contributed by atoms with Crippen molar-refractivity contribution in [1.82, 2.24) is 9.88 Å². The summed E-state index contributed by atoms with van der Waals surface area (Å²) in [4.78, 5) is 17.9. The van der Waals surface area contributed by atoms with Gasteiger partial charge in [-0.25, -0.2) is 4.79 Å². The first-order chi connectivity index (χ1) is 11.4. The molecular formula is C19H24N2O3. The van der Waals surface area contributed by atoms with E-state index in [1.165, 1.54) is 0 Å². The second-order valence-corrected chi connectivity index (χ2v) is 7.23. The SMILES string of the molecule is CC(C)(C)OC(=O)N1CCC(/C=C/c2cc3ccncc3o2)CC1. The summed E-state index contributed by atoms with van der Waals surface area (Å²) in [5, 5.41) is 1.06. The van der Waals surface area contributed by atoms with Crippen molar-refractivity contribution < 1.29 is 13.9 Å². The molecular weight excluding hydrogens is 304 g/mol. The first kappa shape index (κ1) is 16.6. The number of likely N-dealkylation sites (tertiary alicyclic amines) is 1. The van der Waals surface area contributed by atoms with Crippen LogP contribution in [0, 0.1) is 5.92 Å². The van der Waals surface area contributed by atoms with Crippen LogP contribution in [0.3, 0.4) is 0 Å². The zero-order valence-corrected chi connectivity index (χ0v) is 14.5. The van der Waals surface area contributed by atoms with E-state index in [4.69, 9.17) is 9.15 Å². The highest BCUT2D eigenvalue weighted by atomic mass is 16.6. The summed E-state index contributed by atoms with van der Waals surface area (Å²) < 4.78 is 11.2. The van der Waals surface area contributed by atoms with Gasteiger partial charge in [-0.05, 0) is 57.7 Å². The maximum atomic E-state index is 12.1. The molecule has 5 heteroatoms. The van der Waals surface area contributed by atoms with Gasteiger partial charge in [0.05, 0.1) is 6.20 Å². The van der Waals surface area contributed by atoms with E-state index < -0.39 is 5.60 Å². The van der Waals surface area contributed by atoms with E-state index in [9.17, 15) is 4.79 Å². The molecule has 0 radical (unpaired) electrons. The highest BCUT2D eigenvalue weighted by Crippen LogP contribution is 2.23. The minimum atomic E-state index is -0.440. The molecule has 0 bridgehead atoms. The first-order valence-corrected chi connectivity index (χ1v) is 8.40. The molecule has 0 spiro atoms. The van der Waals surface area contributed by atoms with Gasteiger partial charge >= 0.3 is 6.09 Å². The molecule has 3 rings (SSSR count). The molecule has 2 aromatic heterocycles. The molecule has 1 fully saturated rings. The summed E-state index contributed by atoms with van der Waals surface area (Å²) in [5.41, 5.74) is 0.362. The molecule has 0 N–H and O–H groups in total. The van der Waals surface area contributed by atoms with Gasteiger partial charge in [0.25, 0.3) is 0 Å². The van der Waals surface area contributed by atoms with Crippen molar-refractivity contribution in [2.45, 2.75) is 39.2 Å². The van der Waals surface area contributed by atoms with Gasteiger partial charge in [0.1, 0.15) is 11.4 Å². The predicted octanol–water partition coefficient (Wildman–Crippen LogP) is 4.49. The van der Waals surface area contributed by atoms with Crippen LogP contribution in [0.5, 0.6) is 0 Å². The highest BCUT2D eigenvalue weighted by molar-refractivity contribution is 5.78. The second kappa shape index (κ2) is 6.67. The molecule has 128 valence electrons. The van der Waals surface area contributed by atoms with Crippen molar-refractivity contribution in [1.29, 1.82) is 0 Å². The molecule has 1 aliphatic heterocycles. The van der Waals surface area contributed by atoms with Gasteiger partial charge in [-0.2, -0.15) is 0 Å². The van der Waals surface area contributed by atoms with Crippen LogP contribution in [0.1, 0.15) is 39.4 Å². The predicted molar refractivity (Wildman–Crippen MR) is 93.6 cm³/mol. The van der Waals surface area contributed by atoms with Crippen LogP contribution in [-0.2, 0) is 4.74 Å². The van der Waals surface area contributed by atoms with Gasteiger partial charge in [0.15, 0.2) is 5.58 Å². The minimum Gasteiger partial charge on any atom is -0.455 e. The van der Waals surface area contributed by atoms with Crippen LogP contribution >= 0.6 is 0 Å². The van der Waals surface area contributed by atoms with E-state index in [2.05, 4.69) is 11.1 Å². The monoisotopic (exact) mass is 328 g/mol. The van der Waals surface area contributed by atoms with Crippen molar-refractivity contribution in [2.75, 3.05) is 13.1 Å². The van der Waals surface area contributed by atoms with Crippen LogP contribution < -0.4 is 0 Å². The summed E-state index contributed by atoms with van der Waals surface area (Å²) in [6.45, 7) is 7.14. The number of carbonyl (C=O) groups excluding carboxylic acids is 1. The van der Waals surface area contributed by atoms with E-state index in [0.717, 1.165) is 42.7 Å². The molecule has 1 amide bonds. The van der Waals surface area contributed by atoms with Crippen LogP contribution in [-0.4, -0.2) is 34.7 Å². The van der Waals surface area contributed by atoms with Crippen molar-refractivity contribution in [3.63, 3.8) is 0 Å². The number of amides is 1. The third-order valence-corrected chi connectivity index (χ3v) is 4.07. The molecule has 0 aliphatic carbocycles. The molecule has 24 heavy (non-hydrogen) atoms. The number of allylic oxidation sites excluding steroid dienone is 1. The van der Waals surface area contributed by atoms with Crippen LogP contribution in [0.2, 0.25) is 0 Å². The Kier molecular flexibility index (Phi) is 4.60. The summed E-state index contributed by atoms with van der Waals surface area (Å²) in [7, 11) is 0. The maximum absolute atomic E-state index is 12.1.